The molecule has 3 aliphatic rings. The summed E-state index contributed by atoms with van der Waals surface area (Å²) in [7, 11) is 0. The lowest BCUT2D eigenvalue weighted by atomic mass is 10.0. The van der Waals surface area contributed by atoms with Crippen LogP contribution < -0.4 is 10.6 Å². The molecule has 0 aromatic heterocycles. The maximum absolute atomic E-state index is 5.80. The third-order valence-corrected chi connectivity index (χ3v) is 3.23. The molecule has 86 valence electrons. The van der Waals surface area contributed by atoms with Crippen molar-refractivity contribution in [3.8, 4) is 0 Å². The molecule has 1 aromatic carbocycles. The topological polar surface area (TPSA) is 34.0 Å². The van der Waals surface area contributed by atoms with Gasteiger partial charge in [0, 0.05) is 17.0 Å². The lowest BCUT2D eigenvalue weighted by Gasteiger charge is -2.06. The standard InChI is InChI=1S/C15H10N2O/c1-2-4-13-12(3-1)15-14(17-13)7-10-5-6-16-8-11(10)9-18-15/h1-7,9H,8H2. The van der Waals surface area contributed by atoms with E-state index in [1.807, 2.05) is 36.6 Å². The molecule has 0 N–H and O–H groups in total. The van der Waals surface area contributed by atoms with Crippen molar-refractivity contribution in [2.45, 2.75) is 0 Å². The quantitative estimate of drug-likeness (QED) is 0.665. The van der Waals surface area contributed by atoms with Crippen LogP contribution in [0, 0.1) is 0 Å². The van der Waals surface area contributed by atoms with Gasteiger partial charge in [0.05, 0.1) is 18.2 Å². The molecule has 1 aromatic rings. The van der Waals surface area contributed by atoms with E-state index in [-0.39, 0.29) is 0 Å². The molecule has 3 heteroatoms. The normalized spacial score (nSPS) is 19.3. The third-order valence-electron chi connectivity index (χ3n) is 3.23. The van der Waals surface area contributed by atoms with Crippen molar-refractivity contribution >= 4 is 12.0 Å². The van der Waals surface area contributed by atoms with Gasteiger partial charge in [-0.1, -0.05) is 12.1 Å². The third kappa shape index (κ3) is 1.31. The maximum atomic E-state index is 5.80. The average Bonchev–Trinajstić information content (AvgIpc) is 2.65. The highest BCUT2D eigenvalue weighted by Gasteiger charge is 2.19. The van der Waals surface area contributed by atoms with Gasteiger partial charge in [-0.3, -0.25) is 4.99 Å². The molecule has 0 fully saturated rings. The highest BCUT2D eigenvalue weighted by molar-refractivity contribution is 5.79. The Bertz CT molecular complexity index is 779. The van der Waals surface area contributed by atoms with E-state index < -0.39 is 0 Å². The minimum Gasteiger partial charge on any atom is -0.462 e. The first-order valence-electron chi connectivity index (χ1n) is 5.88. The van der Waals surface area contributed by atoms with Gasteiger partial charge < -0.3 is 4.74 Å². The Labute approximate surface area is 104 Å². The first kappa shape index (κ1) is 9.59. The molecule has 0 bridgehead atoms. The number of fused-ring (bicyclic) bond motifs is 3. The van der Waals surface area contributed by atoms with Crippen LogP contribution in [0.5, 0.6) is 0 Å². The summed E-state index contributed by atoms with van der Waals surface area (Å²) >= 11 is 0. The van der Waals surface area contributed by atoms with Gasteiger partial charge in [-0.25, -0.2) is 4.99 Å². The zero-order chi connectivity index (χ0) is 11.9. The second-order valence-electron chi connectivity index (χ2n) is 4.36. The molecule has 0 saturated carbocycles. The minimum absolute atomic E-state index is 0.671. The number of rotatable bonds is 0. The largest absolute Gasteiger partial charge is 0.462 e. The van der Waals surface area contributed by atoms with Gasteiger partial charge in [-0.05, 0) is 29.9 Å². The van der Waals surface area contributed by atoms with E-state index in [1.54, 1.807) is 6.26 Å². The van der Waals surface area contributed by atoms with E-state index in [4.69, 9.17) is 4.74 Å². The van der Waals surface area contributed by atoms with Crippen LogP contribution in [0.4, 0.5) is 0 Å². The van der Waals surface area contributed by atoms with E-state index in [0.29, 0.717) is 6.54 Å². The Morgan fingerprint density at radius 1 is 1.17 bits per heavy atom. The number of hydrogen-bond acceptors (Lipinski definition) is 3. The number of nitrogens with zero attached hydrogens (tertiary/aromatic N) is 2. The van der Waals surface area contributed by atoms with Crippen LogP contribution in [0.25, 0.3) is 5.76 Å². The Balaban J connectivity index is 2.00. The fraction of sp³-hybridized carbons (Fsp3) is 0.0667. The monoisotopic (exact) mass is 234 g/mol. The van der Waals surface area contributed by atoms with Gasteiger partial charge >= 0.3 is 0 Å². The zero-order valence-electron chi connectivity index (χ0n) is 9.63. The molecule has 0 atom stereocenters. The molecular formula is C15H10N2O. The number of dihydropyridines is 1. The molecule has 0 amide bonds. The van der Waals surface area contributed by atoms with Crippen LogP contribution in [0.15, 0.2) is 69.5 Å². The number of allylic oxidation sites excluding steroid dienone is 2. The number of hydrogen-bond donors (Lipinski definition) is 0. The Kier molecular flexibility index (Phi) is 1.88. The number of para-hydroxylation sites is 1. The maximum Gasteiger partial charge on any atom is 0.161 e. The van der Waals surface area contributed by atoms with Gasteiger partial charge in [0.15, 0.2) is 5.76 Å². The molecular weight excluding hydrogens is 224 g/mol. The van der Waals surface area contributed by atoms with Crippen molar-refractivity contribution in [3.05, 3.63) is 70.1 Å². The van der Waals surface area contributed by atoms with Gasteiger partial charge in [0.25, 0.3) is 0 Å². The summed E-state index contributed by atoms with van der Waals surface area (Å²) in [5.74, 6) is 0.841. The summed E-state index contributed by atoms with van der Waals surface area (Å²) in [5.41, 5.74) is 3.12. The number of benzene rings is 1. The molecule has 18 heavy (non-hydrogen) atoms. The second kappa shape index (κ2) is 3.53. The van der Waals surface area contributed by atoms with Crippen LogP contribution in [0.3, 0.4) is 0 Å². The SMILES string of the molecule is C1=NCC2=COC3=c4ccccc4=NC3=CC2=C1. The molecule has 0 saturated heterocycles. The highest BCUT2D eigenvalue weighted by Crippen LogP contribution is 2.27. The predicted octanol–water partition coefficient (Wildman–Crippen LogP) is 1.24. The van der Waals surface area contributed by atoms with Crippen molar-refractivity contribution in [1.82, 2.24) is 0 Å². The van der Waals surface area contributed by atoms with E-state index >= 15 is 0 Å². The zero-order valence-corrected chi connectivity index (χ0v) is 9.63. The lowest BCUT2D eigenvalue weighted by Crippen LogP contribution is -2.22. The molecule has 3 aliphatic heterocycles. The fourth-order valence-corrected chi connectivity index (χ4v) is 2.31. The summed E-state index contributed by atoms with van der Waals surface area (Å²) in [5, 5.41) is 2.03. The van der Waals surface area contributed by atoms with Crippen LogP contribution in [-0.2, 0) is 4.74 Å². The smallest absolute Gasteiger partial charge is 0.161 e. The highest BCUT2D eigenvalue weighted by atomic mass is 16.5. The molecule has 0 spiro atoms. The summed E-state index contributed by atoms with van der Waals surface area (Å²) in [6, 6.07) is 8.03. The van der Waals surface area contributed by atoms with Gasteiger partial charge in [-0.2, -0.15) is 0 Å². The van der Waals surface area contributed by atoms with E-state index in [2.05, 4.69) is 16.1 Å². The van der Waals surface area contributed by atoms with Crippen LogP contribution >= 0.6 is 0 Å². The lowest BCUT2D eigenvalue weighted by molar-refractivity contribution is 0.429. The van der Waals surface area contributed by atoms with Crippen molar-refractivity contribution in [3.63, 3.8) is 0 Å². The van der Waals surface area contributed by atoms with Crippen molar-refractivity contribution in [2.75, 3.05) is 6.54 Å². The van der Waals surface area contributed by atoms with Gasteiger partial charge in [-0.15, -0.1) is 0 Å². The van der Waals surface area contributed by atoms with Gasteiger partial charge in [0.2, 0.25) is 0 Å². The molecule has 0 radical (unpaired) electrons. The van der Waals surface area contributed by atoms with Crippen molar-refractivity contribution < 1.29 is 4.74 Å². The van der Waals surface area contributed by atoms with Crippen molar-refractivity contribution in [2.24, 2.45) is 9.98 Å². The first-order valence-corrected chi connectivity index (χ1v) is 5.88. The number of ether oxygens (including phenoxy) is 1. The Morgan fingerprint density at radius 2 is 2.11 bits per heavy atom. The van der Waals surface area contributed by atoms with Crippen LogP contribution in [0.1, 0.15) is 0 Å². The Morgan fingerprint density at radius 3 is 3.11 bits per heavy atom. The molecule has 0 unspecified atom stereocenters. The minimum atomic E-state index is 0.671. The van der Waals surface area contributed by atoms with Crippen LogP contribution in [-0.4, -0.2) is 12.8 Å². The molecule has 3 heterocycles. The second-order valence-corrected chi connectivity index (χ2v) is 4.36. The van der Waals surface area contributed by atoms with E-state index in [1.165, 1.54) is 0 Å². The molecule has 3 nitrogen and oxygen atoms in total. The molecule has 0 aliphatic carbocycles. The average molecular weight is 234 g/mol. The first-order chi connectivity index (χ1) is 8.92. The Hall–Kier alpha value is -2.42. The van der Waals surface area contributed by atoms with E-state index in [0.717, 1.165) is 33.2 Å². The predicted molar refractivity (Wildman–Crippen MR) is 69.3 cm³/mol. The van der Waals surface area contributed by atoms with Crippen molar-refractivity contribution in [1.29, 1.82) is 0 Å². The number of aliphatic imine (C=N–C) groups is 1. The summed E-state index contributed by atoms with van der Waals surface area (Å²) in [6.45, 7) is 0.671. The summed E-state index contributed by atoms with van der Waals surface area (Å²) in [4.78, 5) is 8.83. The van der Waals surface area contributed by atoms with Gasteiger partial charge in [0.1, 0.15) is 5.70 Å². The summed E-state index contributed by atoms with van der Waals surface area (Å²) in [6.07, 6.45) is 7.68. The molecule has 4 rings (SSSR count). The van der Waals surface area contributed by atoms with E-state index in [9.17, 15) is 0 Å². The fourth-order valence-electron chi connectivity index (χ4n) is 2.31. The van der Waals surface area contributed by atoms with Crippen LogP contribution in [0.2, 0.25) is 0 Å². The summed E-state index contributed by atoms with van der Waals surface area (Å²) < 4.78 is 5.80.